The fraction of sp³-hybridized carbons (Fsp3) is 0.800. The Kier molecular flexibility index (Phi) is 5.81. The van der Waals surface area contributed by atoms with Gasteiger partial charge in [-0.3, -0.25) is 4.79 Å². The molecular weight excluding hydrogens is 212 g/mol. The van der Waals surface area contributed by atoms with E-state index in [0.717, 1.165) is 0 Å². The SMILES string of the molecule is CC(C)(C)OC(=O)N[C@H](CO)CCC(N)=O. The van der Waals surface area contributed by atoms with Gasteiger partial charge in [0.25, 0.3) is 0 Å². The number of nitrogens with two attached hydrogens (primary N) is 1. The lowest BCUT2D eigenvalue weighted by Crippen LogP contribution is -2.41. The molecule has 6 heteroatoms. The van der Waals surface area contributed by atoms with Crippen LogP contribution in [0.25, 0.3) is 0 Å². The van der Waals surface area contributed by atoms with Gasteiger partial charge in [0, 0.05) is 6.42 Å². The Morgan fingerprint density at radius 2 is 2.00 bits per heavy atom. The van der Waals surface area contributed by atoms with Crippen LogP contribution in [0.5, 0.6) is 0 Å². The van der Waals surface area contributed by atoms with Crippen LogP contribution in [0.4, 0.5) is 4.79 Å². The van der Waals surface area contributed by atoms with Gasteiger partial charge >= 0.3 is 6.09 Å². The van der Waals surface area contributed by atoms with Crippen LogP contribution < -0.4 is 11.1 Å². The quantitative estimate of drug-likeness (QED) is 0.627. The second-order valence-electron chi connectivity index (χ2n) is 4.53. The van der Waals surface area contributed by atoms with Crippen molar-refractivity contribution in [2.75, 3.05) is 6.61 Å². The Labute approximate surface area is 95.1 Å². The maximum Gasteiger partial charge on any atom is 0.407 e. The molecule has 0 aromatic carbocycles. The van der Waals surface area contributed by atoms with Crippen LogP contribution in [0, 0.1) is 0 Å². The molecule has 6 nitrogen and oxygen atoms in total. The minimum atomic E-state index is -0.615. The highest BCUT2D eigenvalue weighted by Gasteiger charge is 2.19. The molecule has 4 N–H and O–H groups in total. The second-order valence-corrected chi connectivity index (χ2v) is 4.53. The highest BCUT2D eigenvalue weighted by molar-refractivity contribution is 5.74. The first-order chi connectivity index (χ1) is 7.24. The molecule has 0 unspecified atom stereocenters. The van der Waals surface area contributed by atoms with E-state index in [-0.39, 0.29) is 13.0 Å². The standard InChI is InChI=1S/C10H20N2O4/c1-10(2,3)16-9(15)12-7(6-13)4-5-8(11)14/h7,13H,4-6H2,1-3H3,(H2,11,14)(H,12,15)/t7-/m0/s1. The number of carbonyl (C=O) groups excluding carboxylic acids is 2. The van der Waals surface area contributed by atoms with Crippen LogP contribution in [0.2, 0.25) is 0 Å². The van der Waals surface area contributed by atoms with E-state index in [4.69, 9.17) is 15.6 Å². The number of nitrogens with one attached hydrogen (secondary N) is 1. The summed E-state index contributed by atoms with van der Waals surface area (Å²) in [5.74, 6) is -0.468. The highest BCUT2D eigenvalue weighted by atomic mass is 16.6. The number of amides is 2. The first-order valence-electron chi connectivity index (χ1n) is 5.13. The zero-order chi connectivity index (χ0) is 12.8. The normalized spacial score (nSPS) is 13.0. The van der Waals surface area contributed by atoms with Crippen molar-refractivity contribution in [3.63, 3.8) is 0 Å². The Morgan fingerprint density at radius 3 is 2.38 bits per heavy atom. The third-order valence-corrected chi connectivity index (χ3v) is 1.68. The van der Waals surface area contributed by atoms with Gasteiger partial charge in [-0.05, 0) is 27.2 Å². The van der Waals surface area contributed by atoms with Crippen molar-refractivity contribution in [1.29, 1.82) is 0 Å². The Balaban J connectivity index is 4.02. The summed E-state index contributed by atoms with van der Waals surface area (Å²) in [6.45, 7) is 4.96. The van der Waals surface area contributed by atoms with E-state index in [1.54, 1.807) is 20.8 Å². The van der Waals surface area contributed by atoms with Crippen molar-refractivity contribution < 1.29 is 19.4 Å². The Morgan fingerprint density at radius 1 is 1.44 bits per heavy atom. The molecule has 94 valence electrons. The number of aliphatic hydroxyl groups excluding tert-OH is 1. The first-order valence-corrected chi connectivity index (χ1v) is 5.13. The van der Waals surface area contributed by atoms with Crippen LogP contribution in [-0.4, -0.2) is 35.4 Å². The molecule has 16 heavy (non-hydrogen) atoms. The van der Waals surface area contributed by atoms with E-state index in [0.29, 0.717) is 6.42 Å². The van der Waals surface area contributed by atoms with Crippen LogP contribution in [-0.2, 0) is 9.53 Å². The predicted molar refractivity (Wildman–Crippen MR) is 58.7 cm³/mol. The van der Waals surface area contributed by atoms with Crippen molar-refractivity contribution >= 4 is 12.0 Å². The minimum absolute atomic E-state index is 0.112. The van der Waals surface area contributed by atoms with Crippen LogP contribution in [0.1, 0.15) is 33.6 Å². The summed E-state index contributed by atoms with van der Waals surface area (Å²) in [6, 6.07) is -0.512. The summed E-state index contributed by atoms with van der Waals surface area (Å²) in [4.78, 5) is 21.8. The molecule has 0 fully saturated rings. The third-order valence-electron chi connectivity index (χ3n) is 1.68. The Hall–Kier alpha value is -1.30. The van der Waals surface area contributed by atoms with Crippen molar-refractivity contribution in [3.8, 4) is 0 Å². The minimum Gasteiger partial charge on any atom is -0.444 e. The number of aliphatic hydroxyl groups is 1. The lowest BCUT2D eigenvalue weighted by molar-refractivity contribution is -0.118. The maximum atomic E-state index is 11.3. The van der Waals surface area contributed by atoms with Crippen LogP contribution in [0.3, 0.4) is 0 Å². The number of hydrogen-bond donors (Lipinski definition) is 3. The van der Waals surface area contributed by atoms with Crippen LogP contribution >= 0.6 is 0 Å². The lowest BCUT2D eigenvalue weighted by Gasteiger charge is -2.22. The molecule has 1 atom stereocenters. The van der Waals surface area contributed by atoms with Crippen LogP contribution in [0.15, 0.2) is 0 Å². The fourth-order valence-electron chi connectivity index (χ4n) is 1.000. The molecule has 0 heterocycles. The molecule has 0 spiro atoms. The number of rotatable bonds is 5. The molecule has 2 amide bonds. The molecule has 0 aliphatic carbocycles. The van der Waals surface area contributed by atoms with Crippen molar-refractivity contribution in [1.82, 2.24) is 5.32 Å². The molecule has 0 saturated carbocycles. The number of alkyl carbamates (subject to hydrolysis) is 1. The summed E-state index contributed by atoms with van der Waals surface area (Å²) in [7, 11) is 0. The van der Waals surface area contributed by atoms with Gasteiger partial charge in [0.1, 0.15) is 5.60 Å². The molecule has 0 aromatic heterocycles. The molecular formula is C10H20N2O4. The van der Waals surface area contributed by atoms with Crippen molar-refractivity contribution in [2.24, 2.45) is 5.73 Å². The topological polar surface area (TPSA) is 102 Å². The molecule has 0 aliphatic heterocycles. The number of hydrogen-bond acceptors (Lipinski definition) is 4. The van der Waals surface area contributed by atoms with Gasteiger partial charge in [0.05, 0.1) is 12.6 Å². The van der Waals surface area contributed by atoms with Crippen molar-refractivity contribution in [2.45, 2.75) is 45.3 Å². The van der Waals surface area contributed by atoms with E-state index in [9.17, 15) is 9.59 Å². The maximum absolute atomic E-state index is 11.3. The number of ether oxygens (including phenoxy) is 1. The molecule has 0 bridgehead atoms. The molecule has 0 saturated heterocycles. The van der Waals surface area contributed by atoms with Gasteiger partial charge in [-0.2, -0.15) is 0 Å². The fourth-order valence-corrected chi connectivity index (χ4v) is 1.000. The zero-order valence-electron chi connectivity index (χ0n) is 9.95. The highest BCUT2D eigenvalue weighted by Crippen LogP contribution is 2.07. The van der Waals surface area contributed by atoms with E-state index < -0.39 is 23.6 Å². The monoisotopic (exact) mass is 232 g/mol. The summed E-state index contributed by atoms with van der Waals surface area (Å²) in [5.41, 5.74) is 4.37. The Bertz CT molecular complexity index is 248. The summed E-state index contributed by atoms with van der Waals surface area (Å²) in [5, 5.41) is 11.4. The van der Waals surface area contributed by atoms with E-state index >= 15 is 0 Å². The van der Waals surface area contributed by atoms with Gasteiger partial charge < -0.3 is 20.9 Å². The number of carbonyl (C=O) groups is 2. The lowest BCUT2D eigenvalue weighted by atomic mass is 10.1. The van der Waals surface area contributed by atoms with E-state index in [2.05, 4.69) is 5.32 Å². The van der Waals surface area contributed by atoms with Gasteiger partial charge in [-0.15, -0.1) is 0 Å². The van der Waals surface area contributed by atoms with Gasteiger partial charge in [-0.1, -0.05) is 0 Å². The van der Waals surface area contributed by atoms with Crippen molar-refractivity contribution in [3.05, 3.63) is 0 Å². The van der Waals surface area contributed by atoms with E-state index in [1.165, 1.54) is 0 Å². The number of primary amides is 1. The van der Waals surface area contributed by atoms with E-state index in [1.807, 2.05) is 0 Å². The zero-order valence-corrected chi connectivity index (χ0v) is 9.95. The molecule has 0 rings (SSSR count). The third kappa shape index (κ3) is 8.05. The van der Waals surface area contributed by atoms with Gasteiger partial charge in [0.15, 0.2) is 0 Å². The average molecular weight is 232 g/mol. The largest absolute Gasteiger partial charge is 0.444 e. The summed E-state index contributed by atoms with van der Waals surface area (Å²) in [6.07, 6.45) is -0.206. The molecule has 0 radical (unpaired) electrons. The average Bonchev–Trinajstić information content (AvgIpc) is 2.08. The van der Waals surface area contributed by atoms with Gasteiger partial charge in [0.2, 0.25) is 5.91 Å². The molecule has 0 aliphatic rings. The summed E-state index contributed by atoms with van der Waals surface area (Å²) < 4.78 is 5.00. The van der Waals surface area contributed by atoms with Gasteiger partial charge in [-0.25, -0.2) is 4.79 Å². The second kappa shape index (κ2) is 6.32. The summed E-state index contributed by atoms with van der Waals surface area (Å²) >= 11 is 0. The predicted octanol–water partition coefficient (Wildman–Crippen LogP) is 0.138. The smallest absolute Gasteiger partial charge is 0.407 e. The molecule has 0 aromatic rings. The first kappa shape index (κ1) is 14.7.